The highest BCUT2D eigenvalue weighted by Gasteiger charge is 2.37. The summed E-state index contributed by atoms with van der Waals surface area (Å²) in [5.41, 5.74) is 0.569. The molecule has 0 aromatic heterocycles. The van der Waals surface area contributed by atoms with Crippen molar-refractivity contribution in [2.24, 2.45) is 0 Å². The van der Waals surface area contributed by atoms with E-state index in [1.807, 2.05) is 0 Å². The monoisotopic (exact) mass is 704 g/mol. The van der Waals surface area contributed by atoms with E-state index in [0.717, 1.165) is 9.80 Å². The number of carbonyl (C=O) groups is 8. The average molecular weight is 705 g/mol. The van der Waals surface area contributed by atoms with E-state index in [0.29, 0.717) is 25.7 Å². The molecule has 0 saturated carbocycles. The molecule has 2 aliphatic rings. The molecule has 0 fully saturated rings. The van der Waals surface area contributed by atoms with Crippen LogP contribution in [-0.2, 0) is 0 Å². The first-order chi connectivity index (χ1) is 24.9. The minimum absolute atomic E-state index is 0.0213. The molecule has 4 aromatic rings. The summed E-state index contributed by atoms with van der Waals surface area (Å²) in [5, 5.41) is 18.0. The summed E-state index contributed by atoms with van der Waals surface area (Å²) < 4.78 is 10.6. The summed E-state index contributed by atoms with van der Waals surface area (Å²) in [6.07, 6.45) is 2.08. The first-order valence-electron chi connectivity index (χ1n) is 16.0. The number of hydrogen-bond donors (Lipinski definition) is 2. The fourth-order valence-corrected chi connectivity index (χ4v) is 5.80. The van der Waals surface area contributed by atoms with Crippen LogP contribution in [0.25, 0.3) is 0 Å². The zero-order valence-electron chi connectivity index (χ0n) is 27.2. The fraction of sp³-hybridized carbons (Fsp3) is 0.158. The largest absolute Gasteiger partial charge is 0.478 e. The number of unbranched alkanes of at least 4 members (excludes halogenated alkanes) is 3. The predicted octanol–water partition coefficient (Wildman–Crippen LogP) is 4.97. The van der Waals surface area contributed by atoms with Crippen molar-refractivity contribution in [3.05, 3.63) is 129 Å². The number of ether oxygens (including phenoxy) is 2. The number of aromatic carboxylic acids is 2. The number of imide groups is 2. The predicted molar refractivity (Wildman–Crippen MR) is 179 cm³/mol. The molecule has 0 bridgehead atoms. The SMILES string of the molecule is O=C(O)c1ccc(OC(=O)c2ccc3c(c2)C(=O)N(CCCCCCN2C(=O)c4ccc(C(=O)Oc5ccc(C(=O)O)cc5)cc4C2=O)C3=O)cc1. The van der Waals surface area contributed by atoms with Crippen LogP contribution in [-0.4, -0.2) is 80.6 Å². The van der Waals surface area contributed by atoms with Gasteiger partial charge >= 0.3 is 23.9 Å². The van der Waals surface area contributed by atoms with Crippen LogP contribution in [0.3, 0.4) is 0 Å². The van der Waals surface area contributed by atoms with Crippen LogP contribution in [0.1, 0.15) is 109 Å². The lowest BCUT2D eigenvalue weighted by atomic mass is 10.1. The van der Waals surface area contributed by atoms with Crippen LogP contribution in [0.5, 0.6) is 11.5 Å². The molecule has 2 N–H and O–H groups in total. The quantitative estimate of drug-likeness (QED) is 0.0820. The maximum Gasteiger partial charge on any atom is 0.343 e. The Bertz CT molecular complexity index is 2020. The summed E-state index contributed by atoms with van der Waals surface area (Å²) >= 11 is 0. The molecule has 14 heteroatoms. The Morgan fingerprint density at radius 1 is 0.442 bits per heavy atom. The summed E-state index contributed by atoms with van der Waals surface area (Å²) in [4.78, 5) is 102. The highest BCUT2D eigenvalue weighted by Crippen LogP contribution is 2.27. The van der Waals surface area contributed by atoms with Crippen molar-refractivity contribution < 1.29 is 58.0 Å². The number of nitrogens with zero attached hydrogens (tertiary/aromatic N) is 2. The molecule has 0 saturated heterocycles. The third-order valence-electron chi connectivity index (χ3n) is 8.55. The number of benzene rings is 4. The van der Waals surface area contributed by atoms with E-state index < -0.39 is 47.5 Å². The Kier molecular flexibility index (Phi) is 9.72. The van der Waals surface area contributed by atoms with Gasteiger partial charge in [0.05, 0.1) is 44.5 Å². The second-order valence-electron chi connectivity index (χ2n) is 11.9. The second kappa shape index (κ2) is 14.5. The van der Waals surface area contributed by atoms with Crippen LogP contribution in [0, 0.1) is 0 Å². The lowest BCUT2D eigenvalue weighted by Crippen LogP contribution is -2.31. The maximum absolute atomic E-state index is 13.1. The van der Waals surface area contributed by atoms with Crippen molar-refractivity contribution in [1.29, 1.82) is 0 Å². The molecule has 14 nitrogen and oxygen atoms in total. The Morgan fingerprint density at radius 3 is 1.12 bits per heavy atom. The van der Waals surface area contributed by atoms with E-state index in [2.05, 4.69) is 0 Å². The average Bonchev–Trinajstić information content (AvgIpc) is 3.52. The number of carbonyl (C=O) groups excluding carboxylic acids is 6. The van der Waals surface area contributed by atoms with Gasteiger partial charge in [-0.2, -0.15) is 0 Å². The molecule has 6 rings (SSSR count). The molecule has 0 radical (unpaired) electrons. The van der Waals surface area contributed by atoms with Gasteiger partial charge in [0.25, 0.3) is 23.6 Å². The third kappa shape index (κ3) is 7.03. The number of carboxylic acid groups (broad SMARTS) is 2. The summed E-state index contributed by atoms with van der Waals surface area (Å²) in [5.74, 6) is -5.69. The van der Waals surface area contributed by atoms with Crippen LogP contribution in [0.2, 0.25) is 0 Å². The van der Waals surface area contributed by atoms with Crippen molar-refractivity contribution in [2.45, 2.75) is 25.7 Å². The van der Waals surface area contributed by atoms with E-state index in [9.17, 15) is 38.4 Å². The molecule has 4 aromatic carbocycles. The topological polar surface area (TPSA) is 202 Å². The highest BCUT2D eigenvalue weighted by molar-refractivity contribution is 6.22. The highest BCUT2D eigenvalue weighted by atomic mass is 16.5. The lowest BCUT2D eigenvalue weighted by molar-refractivity contribution is 0.0630. The van der Waals surface area contributed by atoms with Gasteiger partial charge in [-0.05, 0) is 97.8 Å². The zero-order valence-corrected chi connectivity index (χ0v) is 27.2. The van der Waals surface area contributed by atoms with Crippen molar-refractivity contribution in [2.75, 3.05) is 13.1 Å². The number of amides is 4. The van der Waals surface area contributed by atoms with Gasteiger partial charge in [0.15, 0.2) is 0 Å². The van der Waals surface area contributed by atoms with Crippen molar-refractivity contribution in [3.8, 4) is 11.5 Å². The van der Waals surface area contributed by atoms with Crippen molar-refractivity contribution >= 4 is 47.5 Å². The maximum atomic E-state index is 13.1. The molecule has 262 valence electrons. The van der Waals surface area contributed by atoms with Gasteiger partial charge in [-0.15, -0.1) is 0 Å². The number of fused-ring (bicyclic) bond motifs is 2. The van der Waals surface area contributed by atoms with Gasteiger partial charge < -0.3 is 19.7 Å². The van der Waals surface area contributed by atoms with Crippen molar-refractivity contribution in [3.63, 3.8) is 0 Å². The van der Waals surface area contributed by atoms with Gasteiger partial charge in [0, 0.05) is 13.1 Å². The van der Waals surface area contributed by atoms with Gasteiger partial charge in [-0.1, -0.05) is 12.8 Å². The first-order valence-corrected chi connectivity index (χ1v) is 16.0. The van der Waals surface area contributed by atoms with E-state index in [-0.39, 0.29) is 69.1 Å². The molecule has 0 spiro atoms. The smallest absolute Gasteiger partial charge is 0.343 e. The normalized spacial score (nSPS) is 13.2. The van der Waals surface area contributed by atoms with Crippen LogP contribution < -0.4 is 9.47 Å². The van der Waals surface area contributed by atoms with Crippen LogP contribution >= 0.6 is 0 Å². The molecule has 52 heavy (non-hydrogen) atoms. The van der Waals surface area contributed by atoms with E-state index in [4.69, 9.17) is 19.7 Å². The summed E-state index contributed by atoms with van der Waals surface area (Å²) in [6, 6.07) is 18.6. The number of carboxylic acids is 2. The van der Waals surface area contributed by atoms with E-state index in [1.165, 1.54) is 84.9 Å². The van der Waals surface area contributed by atoms with Gasteiger partial charge in [0.2, 0.25) is 0 Å². The molecule has 2 heterocycles. The zero-order chi connectivity index (χ0) is 37.1. The van der Waals surface area contributed by atoms with Crippen LogP contribution in [0.15, 0.2) is 84.9 Å². The second-order valence-corrected chi connectivity index (χ2v) is 11.9. The van der Waals surface area contributed by atoms with Gasteiger partial charge in [-0.3, -0.25) is 29.0 Å². The Balaban J connectivity index is 0.965. The Morgan fingerprint density at radius 2 is 0.769 bits per heavy atom. The lowest BCUT2D eigenvalue weighted by Gasteiger charge is -2.15. The molecule has 0 aliphatic carbocycles. The number of esters is 2. The van der Waals surface area contributed by atoms with E-state index >= 15 is 0 Å². The number of rotatable bonds is 13. The van der Waals surface area contributed by atoms with Gasteiger partial charge in [0.1, 0.15) is 11.5 Å². The summed E-state index contributed by atoms with van der Waals surface area (Å²) in [6.45, 7) is 0.245. The molecule has 4 amide bonds. The summed E-state index contributed by atoms with van der Waals surface area (Å²) in [7, 11) is 0. The van der Waals surface area contributed by atoms with Crippen molar-refractivity contribution in [1.82, 2.24) is 9.80 Å². The molecule has 0 atom stereocenters. The molecule has 0 unspecified atom stereocenters. The first kappa shape index (κ1) is 34.9. The number of hydrogen-bond acceptors (Lipinski definition) is 10. The van der Waals surface area contributed by atoms with Crippen LogP contribution in [0.4, 0.5) is 0 Å². The standard InChI is InChI=1S/C38H28N2O12/c41-31-27-15-9-23(37(49)51-25-11-5-21(6-12-25)35(45)46)19-29(27)33(43)39(31)17-3-1-2-4-18-40-32(42)28-16-10-24(20-30(28)34(40)44)38(50)52-26-13-7-22(8-14-26)36(47)48/h5-16,19-20H,1-4,17-18H2,(H,45,46)(H,47,48). The Hall–Kier alpha value is -6.96. The molecular formula is C38H28N2O12. The third-order valence-corrected chi connectivity index (χ3v) is 8.55. The Labute approximate surface area is 294 Å². The minimum Gasteiger partial charge on any atom is -0.478 e. The molecule has 2 aliphatic heterocycles. The fourth-order valence-electron chi connectivity index (χ4n) is 5.80. The van der Waals surface area contributed by atoms with E-state index in [1.54, 1.807) is 0 Å². The molecular weight excluding hydrogens is 676 g/mol. The van der Waals surface area contributed by atoms with Gasteiger partial charge in [-0.25, -0.2) is 19.2 Å². The minimum atomic E-state index is -1.13.